The summed E-state index contributed by atoms with van der Waals surface area (Å²) in [5.41, 5.74) is 0.634. The minimum absolute atomic E-state index is 0.0251. The molecule has 0 radical (unpaired) electrons. The Morgan fingerprint density at radius 1 is 1.33 bits per heavy atom. The summed E-state index contributed by atoms with van der Waals surface area (Å²) in [6.07, 6.45) is 4.10. The molecule has 1 aliphatic rings. The molecule has 0 aliphatic heterocycles. The number of fused-ring (bicyclic) bond motifs is 1. The minimum Gasteiger partial charge on any atom is -0.488 e. The molecule has 1 amide bonds. The third-order valence-corrected chi connectivity index (χ3v) is 4.75. The van der Waals surface area contributed by atoms with E-state index in [4.69, 9.17) is 4.74 Å². The van der Waals surface area contributed by atoms with Crippen LogP contribution in [-0.2, 0) is 4.79 Å². The maximum atomic E-state index is 13.3. The van der Waals surface area contributed by atoms with Crippen LogP contribution in [0.4, 0.5) is 9.52 Å². The molecule has 0 spiro atoms. The van der Waals surface area contributed by atoms with Gasteiger partial charge in [-0.1, -0.05) is 12.1 Å². The zero-order valence-corrected chi connectivity index (χ0v) is 13.4. The van der Waals surface area contributed by atoms with Gasteiger partial charge in [-0.3, -0.25) is 4.79 Å². The van der Waals surface area contributed by atoms with Gasteiger partial charge < -0.3 is 10.1 Å². The summed E-state index contributed by atoms with van der Waals surface area (Å²) in [5, 5.41) is 5.94. The van der Waals surface area contributed by atoms with Crippen molar-refractivity contribution in [3.05, 3.63) is 47.9 Å². The number of halogens is 1. The molecular formula is C17H14FN3O2S. The van der Waals surface area contributed by atoms with Gasteiger partial charge in [-0.25, -0.2) is 14.4 Å². The number of pyridine rings is 1. The van der Waals surface area contributed by atoms with Crippen LogP contribution < -0.4 is 10.1 Å². The third kappa shape index (κ3) is 2.94. The predicted octanol–water partition coefficient (Wildman–Crippen LogP) is 3.63. The predicted molar refractivity (Wildman–Crippen MR) is 89.6 cm³/mol. The maximum Gasteiger partial charge on any atom is 0.229 e. The van der Waals surface area contributed by atoms with Gasteiger partial charge in [0.05, 0.1) is 6.20 Å². The Kier molecular flexibility index (Phi) is 3.86. The second kappa shape index (κ2) is 6.16. The Hall–Kier alpha value is -2.54. The standard InChI is InChI=1S/C17H14FN3O2S/c18-12-6-10-2-1-3-14(15(10)20-9-12)23-13-7-11(8-13)16(22)21-17-19-4-5-24-17/h1-6,9,11,13H,7-8H2,(H,19,21,22)/t11-,13-. The molecule has 4 rings (SSSR count). The van der Waals surface area contributed by atoms with Gasteiger partial charge in [-0.2, -0.15) is 0 Å². The van der Waals surface area contributed by atoms with E-state index < -0.39 is 0 Å². The van der Waals surface area contributed by atoms with Crippen LogP contribution in [0.25, 0.3) is 10.9 Å². The second-order valence-electron chi connectivity index (χ2n) is 5.72. The minimum atomic E-state index is -0.373. The van der Waals surface area contributed by atoms with E-state index in [1.165, 1.54) is 23.6 Å². The molecule has 2 aromatic heterocycles. The molecule has 2 heterocycles. The van der Waals surface area contributed by atoms with Gasteiger partial charge in [0.25, 0.3) is 0 Å². The Labute approximate surface area is 141 Å². The van der Waals surface area contributed by atoms with Crippen LogP contribution in [0.1, 0.15) is 12.8 Å². The number of para-hydroxylation sites is 1. The molecular weight excluding hydrogens is 329 g/mol. The average Bonchev–Trinajstić information content (AvgIpc) is 3.02. The van der Waals surface area contributed by atoms with E-state index in [0.29, 0.717) is 34.6 Å². The highest BCUT2D eigenvalue weighted by molar-refractivity contribution is 7.13. The summed E-state index contributed by atoms with van der Waals surface area (Å²) >= 11 is 1.40. The number of hydrogen-bond acceptors (Lipinski definition) is 5. The number of thiazole rings is 1. The monoisotopic (exact) mass is 343 g/mol. The van der Waals surface area contributed by atoms with E-state index in [0.717, 1.165) is 0 Å². The largest absolute Gasteiger partial charge is 0.488 e. The maximum absolute atomic E-state index is 13.3. The molecule has 0 bridgehead atoms. The van der Waals surface area contributed by atoms with Gasteiger partial charge in [-0.05, 0) is 25.0 Å². The van der Waals surface area contributed by atoms with Crippen LogP contribution in [0.15, 0.2) is 42.0 Å². The fourth-order valence-corrected chi connectivity index (χ4v) is 3.28. The van der Waals surface area contributed by atoms with E-state index >= 15 is 0 Å². The molecule has 7 heteroatoms. The molecule has 0 atom stereocenters. The van der Waals surface area contributed by atoms with E-state index in [1.807, 2.05) is 17.5 Å². The summed E-state index contributed by atoms with van der Waals surface area (Å²) in [4.78, 5) is 20.2. The van der Waals surface area contributed by atoms with Crippen LogP contribution in [0, 0.1) is 11.7 Å². The van der Waals surface area contributed by atoms with Gasteiger partial charge >= 0.3 is 0 Å². The number of aromatic nitrogens is 2. The Morgan fingerprint density at radius 2 is 2.21 bits per heavy atom. The highest BCUT2D eigenvalue weighted by Crippen LogP contribution is 2.34. The van der Waals surface area contributed by atoms with E-state index in [2.05, 4.69) is 15.3 Å². The second-order valence-corrected chi connectivity index (χ2v) is 6.61. The number of rotatable bonds is 4. The Morgan fingerprint density at radius 3 is 3.00 bits per heavy atom. The molecule has 0 unspecified atom stereocenters. The van der Waals surface area contributed by atoms with Crippen molar-refractivity contribution in [3.63, 3.8) is 0 Å². The number of carbonyl (C=O) groups is 1. The molecule has 3 aromatic rings. The normalized spacial score (nSPS) is 19.7. The number of amides is 1. The first-order valence-corrected chi connectivity index (χ1v) is 8.48. The lowest BCUT2D eigenvalue weighted by molar-refractivity contribution is -0.125. The van der Waals surface area contributed by atoms with Crippen molar-refractivity contribution in [1.29, 1.82) is 0 Å². The topological polar surface area (TPSA) is 64.1 Å². The van der Waals surface area contributed by atoms with E-state index in [1.54, 1.807) is 12.3 Å². The van der Waals surface area contributed by atoms with E-state index in [-0.39, 0.29) is 23.7 Å². The number of anilines is 1. The molecule has 1 saturated carbocycles. The van der Waals surface area contributed by atoms with Gasteiger partial charge in [0, 0.05) is 22.9 Å². The highest BCUT2D eigenvalue weighted by Gasteiger charge is 2.36. The Balaban J connectivity index is 1.39. The number of nitrogens with one attached hydrogen (secondary N) is 1. The molecule has 122 valence electrons. The zero-order chi connectivity index (χ0) is 16.5. The molecule has 1 aliphatic carbocycles. The third-order valence-electron chi connectivity index (χ3n) is 4.06. The first-order valence-electron chi connectivity index (χ1n) is 7.60. The SMILES string of the molecule is O=C(Nc1nccs1)[C@H]1C[C@H](Oc2cccc3cc(F)cnc23)C1. The van der Waals surface area contributed by atoms with Gasteiger partial charge in [0.2, 0.25) is 5.91 Å². The summed E-state index contributed by atoms with van der Waals surface area (Å²) in [7, 11) is 0. The molecule has 1 aromatic carbocycles. The van der Waals surface area contributed by atoms with Crippen molar-refractivity contribution in [1.82, 2.24) is 9.97 Å². The van der Waals surface area contributed by atoms with Crippen molar-refractivity contribution in [2.45, 2.75) is 18.9 Å². The lowest BCUT2D eigenvalue weighted by Gasteiger charge is -2.34. The van der Waals surface area contributed by atoms with Crippen LogP contribution in [0.3, 0.4) is 0 Å². The van der Waals surface area contributed by atoms with Crippen LogP contribution in [-0.4, -0.2) is 22.0 Å². The lowest BCUT2D eigenvalue weighted by Crippen LogP contribution is -2.40. The van der Waals surface area contributed by atoms with Crippen LogP contribution in [0.5, 0.6) is 5.75 Å². The summed E-state index contributed by atoms with van der Waals surface area (Å²) < 4.78 is 19.2. The number of ether oxygens (including phenoxy) is 1. The van der Waals surface area contributed by atoms with Gasteiger partial charge in [0.15, 0.2) is 5.13 Å². The van der Waals surface area contributed by atoms with E-state index in [9.17, 15) is 9.18 Å². The van der Waals surface area contributed by atoms with Crippen molar-refractivity contribution < 1.29 is 13.9 Å². The molecule has 5 nitrogen and oxygen atoms in total. The summed E-state index contributed by atoms with van der Waals surface area (Å²) in [6, 6.07) is 6.85. The van der Waals surface area contributed by atoms with Gasteiger partial charge in [-0.15, -0.1) is 11.3 Å². The molecule has 0 saturated heterocycles. The molecule has 24 heavy (non-hydrogen) atoms. The molecule has 1 N–H and O–H groups in total. The average molecular weight is 343 g/mol. The van der Waals surface area contributed by atoms with Crippen LogP contribution in [0.2, 0.25) is 0 Å². The highest BCUT2D eigenvalue weighted by atomic mass is 32.1. The van der Waals surface area contributed by atoms with Crippen molar-refractivity contribution in [2.24, 2.45) is 5.92 Å². The fraction of sp³-hybridized carbons (Fsp3) is 0.235. The van der Waals surface area contributed by atoms with Crippen molar-refractivity contribution in [3.8, 4) is 5.75 Å². The summed E-state index contributed by atoms with van der Waals surface area (Å²) in [6.45, 7) is 0. The van der Waals surface area contributed by atoms with Crippen LogP contribution >= 0.6 is 11.3 Å². The van der Waals surface area contributed by atoms with Gasteiger partial charge in [0.1, 0.15) is 23.2 Å². The quantitative estimate of drug-likeness (QED) is 0.786. The number of nitrogens with zero attached hydrogens (tertiary/aromatic N) is 2. The first-order chi connectivity index (χ1) is 11.7. The number of benzene rings is 1. The number of hydrogen-bond donors (Lipinski definition) is 1. The van der Waals surface area contributed by atoms with Crippen molar-refractivity contribution >= 4 is 33.3 Å². The molecule has 1 fully saturated rings. The van der Waals surface area contributed by atoms with Crippen molar-refractivity contribution in [2.75, 3.05) is 5.32 Å². The Bertz CT molecular complexity index is 879. The zero-order valence-electron chi connectivity index (χ0n) is 12.6. The lowest BCUT2D eigenvalue weighted by atomic mass is 9.81. The first kappa shape index (κ1) is 15.0. The smallest absolute Gasteiger partial charge is 0.229 e. The fourth-order valence-electron chi connectivity index (χ4n) is 2.75. The summed E-state index contributed by atoms with van der Waals surface area (Å²) in [5.74, 6) is 0.153. The number of carbonyl (C=O) groups excluding carboxylic acids is 1.